The highest BCUT2D eigenvalue weighted by atomic mass is 32.2. The number of unbranched alkanes of at least 4 members (excludes halogenated alkanes) is 3. The van der Waals surface area contributed by atoms with E-state index in [2.05, 4.69) is 32.9 Å². The van der Waals surface area contributed by atoms with Gasteiger partial charge in [-0.2, -0.15) is 13.2 Å². The summed E-state index contributed by atoms with van der Waals surface area (Å²) in [6.45, 7) is 0.948. The molecule has 0 fully saturated rings. The van der Waals surface area contributed by atoms with Crippen LogP contribution >= 0.6 is 11.8 Å². The highest BCUT2D eigenvalue weighted by molar-refractivity contribution is 7.99. The predicted octanol–water partition coefficient (Wildman–Crippen LogP) is 7.47. The van der Waals surface area contributed by atoms with Crippen molar-refractivity contribution in [3.05, 3.63) is 78.9 Å². The largest absolute Gasteiger partial charge is 0.416 e. The maximum Gasteiger partial charge on any atom is 0.416 e. The van der Waals surface area contributed by atoms with Crippen LogP contribution in [0.25, 0.3) is 22.2 Å². The molecule has 0 aliphatic carbocycles. The van der Waals surface area contributed by atoms with Gasteiger partial charge in [0.1, 0.15) is 0 Å². The molecule has 166 valence electrons. The molecule has 7 heteroatoms. The molecule has 0 atom stereocenters. The van der Waals surface area contributed by atoms with Gasteiger partial charge in [0.25, 0.3) is 0 Å². The number of hydrogen-bond acceptors (Lipinski definition) is 3. The van der Waals surface area contributed by atoms with E-state index in [1.165, 1.54) is 6.07 Å². The van der Waals surface area contributed by atoms with Gasteiger partial charge in [0.2, 0.25) is 0 Å². The van der Waals surface area contributed by atoms with E-state index in [1.54, 1.807) is 18.0 Å². The van der Waals surface area contributed by atoms with Gasteiger partial charge in [-0.25, -0.2) is 4.98 Å². The molecule has 0 spiro atoms. The SMILES string of the molecule is FC(F)(F)c1ccc2c(SCCCCCCn3cnc(-c4ccccc4)c3)ccnc2c1. The number of pyridine rings is 1. The Hall–Kier alpha value is -2.80. The average Bonchev–Trinajstić information content (AvgIpc) is 3.27. The summed E-state index contributed by atoms with van der Waals surface area (Å²) in [5.41, 5.74) is 1.85. The Kier molecular flexibility index (Phi) is 7.15. The molecule has 0 radical (unpaired) electrons. The van der Waals surface area contributed by atoms with Crippen molar-refractivity contribution in [3.8, 4) is 11.3 Å². The van der Waals surface area contributed by atoms with E-state index in [0.29, 0.717) is 5.52 Å². The normalized spacial score (nSPS) is 11.8. The van der Waals surface area contributed by atoms with Gasteiger partial charge in [0.05, 0.1) is 23.1 Å². The fourth-order valence-electron chi connectivity index (χ4n) is 3.60. The zero-order valence-electron chi connectivity index (χ0n) is 17.6. The highest BCUT2D eigenvalue weighted by Gasteiger charge is 2.30. The lowest BCUT2D eigenvalue weighted by Gasteiger charge is -2.10. The second kappa shape index (κ2) is 10.2. The minimum atomic E-state index is -4.35. The molecule has 0 saturated heterocycles. The van der Waals surface area contributed by atoms with Crippen LogP contribution in [-0.2, 0) is 12.7 Å². The second-order valence-electron chi connectivity index (χ2n) is 7.66. The van der Waals surface area contributed by atoms with Crippen LogP contribution in [0, 0.1) is 0 Å². The van der Waals surface area contributed by atoms with Crippen molar-refractivity contribution in [2.45, 2.75) is 43.3 Å². The number of hydrogen-bond donors (Lipinski definition) is 0. The third-order valence-corrected chi connectivity index (χ3v) is 6.46. The smallest absolute Gasteiger partial charge is 0.337 e. The summed E-state index contributed by atoms with van der Waals surface area (Å²) in [7, 11) is 0. The maximum absolute atomic E-state index is 12.9. The fraction of sp³-hybridized carbons (Fsp3) is 0.280. The van der Waals surface area contributed by atoms with Gasteiger partial charge in [0, 0.05) is 34.8 Å². The first-order valence-corrected chi connectivity index (χ1v) is 11.7. The number of thioether (sulfide) groups is 1. The van der Waals surface area contributed by atoms with Gasteiger partial charge in [-0.1, -0.05) is 49.2 Å². The van der Waals surface area contributed by atoms with Crippen LogP contribution in [-0.4, -0.2) is 20.3 Å². The van der Waals surface area contributed by atoms with Gasteiger partial charge in [0.15, 0.2) is 0 Å². The van der Waals surface area contributed by atoms with Gasteiger partial charge < -0.3 is 4.57 Å². The van der Waals surface area contributed by atoms with Gasteiger partial charge in [-0.3, -0.25) is 4.98 Å². The fourth-order valence-corrected chi connectivity index (χ4v) is 4.65. The van der Waals surface area contributed by atoms with Crippen LogP contribution in [0.3, 0.4) is 0 Å². The Morgan fingerprint density at radius 3 is 2.50 bits per heavy atom. The van der Waals surface area contributed by atoms with Gasteiger partial charge >= 0.3 is 6.18 Å². The van der Waals surface area contributed by atoms with E-state index in [9.17, 15) is 13.2 Å². The van der Waals surface area contributed by atoms with Crippen LogP contribution in [0.15, 0.2) is 78.2 Å². The van der Waals surface area contributed by atoms with Crippen molar-refractivity contribution in [2.75, 3.05) is 5.75 Å². The summed E-state index contributed by atoms with van der Waals surface area (Å²) in [5, 5.41) is 0.778. The van der Waals surface area contributed by atoms with Crippen LogP contribution < -0.4 is 0 Å². The molecule has 0 aliphatic heterocycles. The molecule has 0 aliphatic rings. The van der Waals surface area contributed by atoms with Crippen molar-refractivity contribution in [1.82, 2.24) is 14.5 Å². The summed E-state index contributed by atoms with van der Waals surface area (Å²) in [6, 6.07) is 15.8. The van der Waals surface area contributed by atoms with Crippen molar-refractivity contribution < 1.29 is 13.2 Å². The molecule has 4 rings (SSSR count). The third kappa shape index (κ3) is 5.71. The van der Waals surface area contributed by atoms with E-state index in [-0.39, 0.29) is 0 Å². The molecule has 32 heavy (non-hydrogen) atoms. The number of alkyl halides is 3. The molecule has 2 aromatic carbocycles. The summed E-state index contributed by atoms with van der Waals surface area (Å²) >= 11 is 1.68. The molecule has 0 saturated carbocycles. The summed E-state index contributed by atoms with van der Waals surface area (Å²) < 4.78 is 40.9. The molecule has 0 amide bonds. The molecular formula is C25H24F3N3S. The molecule has 2 aromatic heterocycles. The lowest BCUT2D eigenvalue weighted by atomic mass is 10.1. The van der Waals surface area contributed by atoms with E-state index in [1.807, 2.05) is 30.6 Å². The number of halogens is 3. The van der Waals surface area contributed by atoms with E-state index in [0.717, 1.165) is 71.7 Å². The number of imidazole rings is 1. The number of benzene rings is 2. The summed E-state index contributed by atoms with van der Waals surface area (Å²) in [5.74, 6) is 0.934. The monoisotopic (exact) mass is 455 g/mol. The van der Waals surface area contributed by atoms with E-state index >= 15 is 0 Å². The Bertz CT molecular complexity index is 1160. The molecular weight excluding hydrogens is 431 g/mol. The first-order chi connectivity index (χ1) is 15.5. The lowest BCUT2D eigenvalue weighted by Crippen LogP contribution is -2.04. The Balaban J connectivity index is 1.20. The molecule has 4 aromatic rings. The standard InChI is InChI=1S/C25H24F3N3S/c26-25(27,28)20-10-11-21-22(16-20)29-13-12-24(21)32-15-7-2-1-6-14-31-17-23(30-18-31)19-8-4-3-5-9-19/h3-5,8-13,16-18H,1-2,6-7,14-15H2. The molecule has 2 heterocycles. The third-order valence-electron chi connectivity index (χ3n) is 5.30. The lowest BCUT2D eigenvalue weighted by molar-refractivity contribution is -0.137. The molecule has 0 N–H and O–H groups in total. The van der Waals surface area contributed by atoms with Gasteiger partial charge in [-0.05, 0) is 36.8 Å². The van der Waals surface area contributed by atoms with Crippen molar-refractivity contribution >= 4 is 22.7 Å². The van der Waals surface area contributed by atoms with Crippen LogP contribution in [0.1, 0.15) is 31.2 Å². The van der Waals surface area contributed by atoms with Gasteiger partial charge in [-0.15, -0.1) is 11.8 Å². The van der Waals surface area contributed by atoms with E-state index in [4.69, 9.17) is 0 Å². The Labute approximate surface area is 189 Å². The van der Waals surface area contributed by atoms with E-state index < -0.39 is 11.7 Å². The molecule has 3 nitrogen and oxygen atoms in total. The topological polar surface area (TPSA) is 30.7 Å². The number of aryl methyl sites for hydroxylation is 1. The summed E-state index contributed by atoms with van der Waals surface area (Å²) in [6.07, 6.45) is 5.61. The number of rotatable bonds is 9. The average molecular weight is 456 g/mol. The number of nitrogens with zero attached hydrogens (tertiary/aromatic N) is 3. The maximum atomic E-state index is 12.9. The predicted molar refractivity (Wildman–Crippen MR) is 124 cm³/mol. The zero-order valence-corrected chi connectivity index (χ0v) is 18.4. The molecule has 0 unspecified atom stereocenters. The summed E-state index contributed by atoms with van der Waals surface area (Å²) in [4.78, 5) is 9.58. The first kappa shape index (κ1) is 22.4. The second-order valence-corrected chi connectivity index (χ2v) is 8.80. The zero-order chi connectivity index (χ0) is 22.4. The number of aromatic nitrogens is 3. The van der Waals surface area contributed by atoms with Crippen molar-refractivity contribution in [2.24, 2.45) is 0 Å². The number of fused-ring (bicyclic) bond motifs is 1. The minimum absolute atomic E-state index is 0.389. The highest BCUT2D eigenvalue weighted by Crippen LogP contribution is 2.34. The molecule has 0 bridgehead atoms. The first-order valence-electron chi connectivity index (χ1n) is 10.7. The van der Waals surface area contributed by atoms with Crippen LogP contribution in [0.5, 0.6) is 0 Å². The van der Waals surface area contributed by atoms with Crippen molar-refractivity contribution in [3.63, 3.8) is 0 Å². The minimum Gasteiger partial charge on any atom is -0.337 e. The Morgan fingerprint density at radius 2 is 1.69 bits per heavy atom. The van der Waals surface area contributed by atoms with Crippen LogP contribution in [0.2, 0.25) is 0 Å². The van der Waals surface area contributed by atoms with Crippen molar-refractivity contribution in [1.29, 1.82) is 0 Å². The van der Waals surface area contributed by atoms with Crippen LogP contribution in [0.4, 0.5) is 13.2 Å². The Morgan fingerprint density at radius 1 is 0.875 bits per heavy atom. The quantitative estimate of drug-likeness (QED) is 0.194.